The van der Waals surface area contributed by atoms with Crippen molar-refractivity contribution in [3.05, 3.63) is 0 Å². The molecular formula is C21H30IN3O4. The smallest absolute Gasteiger partial charge is 0.410 e. The largest absolute Gasteiger partial charge is 0.445 e. The van der Waals surface area contributed by atoms with E-state index in [0.717, 1.165) is 25.7 Å². The van der Waals surface area contributed by atoms with Crippen molar-refractivity contribution in [1.82, 2.24) is 10.2 Å². The average molecular weight is 515 g/mol. The van der Waals surface area contributed by atoms with E-state index in [1.807, 2.05) is 20.8 Å². The summed E-state index contributed by atoms with van der Waals surface area (Å²) in [6, 6.07) is 2.50. The van der Waals surface area contributed by atoms with Gasteiger partial charge >= 0.3 is 12.2 Å². The lowest BCUT2D eigenvalue weighted by Crippen LogP contribution is -2.60. The Labute approximate surface area is 186 Å². The molecule has 5 fully saturated rings. The van der Waals surface area contributed by atoms with Crippen molar-refractivity contribution >= 4 is 34.8 Å². The number of amides is 2. The first kappa shape index (κ1) is 21.0. The molecule has 7 atom stereocenters. The molecule has 7 nitrogen and oxygen atoms in total. The van der Waals surface area contributed by atoms with Crippen LogP contribution >= 0.6 is 22.6 Å². The Morgan fingerprint density at radius 1 is 1.28 bits per heavy atom. The molecule has 4 bridgehead atoms. The summed E-state index contributed by atoms with van der Waals surface area (Å²) in [5, 5.41) is 12.6. The topological polar surface area (TPSA) is 91.7 Å². The van der Waals surface area contributed by atoms with Gasteiger partial charge in [-0.2, -0.15) is 5.26 Å². The number of alkyl carbamates (subject to hydrolysis) is 1. The SMILES string of the molecule is CC(C)(C)OC(=O)NC1CCN(C(=O)OC2C3CC4CC2C(I)C(C#N)(C4)C3)C1. The third-order valence-corrected chi connectivity index (χ3v) is 9.05. The minimum absolute atomic E-state index is 0.0831. The summed E-state index contributed by atoms with van der Waals surface area (Å²) in [5.74, 6) is 1.19. The van der Waals surface area contributed by atoms with Crippen molar-refractivity contribution in [2.75, 3.05) is 13.1 Å². The van der Waals surface area contributed by atoms with E-state index in [0.29, 0.717) is 31.3 Å². The second-order valence-corrected chi connectivity index (χ2v) is 11.6. The maximum Gasteiger partial charge on any atom is 0.410 e. The molecule has 29 heavy (non-hydrogen) atoms. The van der Waals surface area contributed by atoms with Gasteiger partial charge in [0, 0.05) is 22.9 Å². The van der Waals surface area contributed by atoms with E-state index < -0.39 is 11.7 Å². The van der Waals surface area contributed by atoms with Gasteiger partial charge in [-0.3, -0.25) is 0 Å². The van der Waals surface area contributed by atoms with Crippen molar-refractivity contribution in [3.8, 4) is 6.07 Å². The molecular weight excluding hydrogens is 485 g/mol. The van der Waals surface area contributed by atoms with E-state index in [-0.39, 0.29) is 33.5 Å². The summed E-state index contributed by atoms with van der Waals surface area (Å²) in [7, 11) is 0. The summed E-state index contributed by atoms with van der Waals surface area (Å²) in [4.78, 5) is 26.5. The van der Waals surface area contributed by atoms with Crippen molar-refractivity contribution in [1.29, 1.82) is 5.26 Å². The molecule has 160 valence electrons. The van der Waals surface area contributed by atoms with Crippen LogP contribution in [0.3, 0.4) is 0 Å². The van der Waals surface area contributed by atoms with E-state index in [9.17, 15) is 14.9 Å². The molecule has 0 aromatic rings. The number of ether oxygens (including phenoxy) is 2. The van der Waals surface area contributed by atoms with Crippen LogP contribution in [0.15, 0.2) is 0 Å². The molecule has 0 aromatic carbocycles. The summed E-state index contributed by atoms with van der Waals surface area (Å²) in [5.41, 5.74) is -0.770. The number of nitriles is 1. The maximum atomic E-state index is 12.8. The van der Waals surface area contributed by atoms with Gasteiger partial charge in [-0.15, -0.1) is 0 Å². The zero-order valence-corrected chi connectivity index (χ0v) is 19.5. The summed E-state index contributed by atoms with van der Waals surface area (Å²) in [6.45, 7) is 6.49. The normalized spacial score (nSPS) is 40.4. The number of hydrogen-bond donors (Lipinski definition) is 1. The van der Waals surface area contributed by atoms with Gasteiger partial charge in [-0.25, -0.2) is 9.59 Å². The van der Waals surface area contributed by atoms with E-state index in [4.69, 9.17) is 9.47 Å². The molecule has 1 saturated heterocycles. The van der Waals surface area contributed by atoms with Crippen LogP contribution in [0.5, 0.6) is 0 Å². The molecule has 0 spiro atoms. The number of carbonyl (C=O) groups is 2. The van der Waals surface area contributed by atoms with Crippen LogP contribution in [0.2, 0.25) is 0 Å². The van der Waals surface area contributed by atoms with Gasteiger partial charge in [-0.05, 0) is 64.7 Å². The molecule has 4 aliphatic carbocycles. The Morgan fingerprint density at radius 3 is 2.72 bits per heavy atom. The molecule has 2 amide bonds. The van der Waals surface area contributed by atoms with Crippen LogP contribution in [0, 0.1) is 34.5 Å². The highest BCUT2D eigenvalue weighted by molar-refractivity contribution is 14.1. The van der Waals surface area contributed by atoms with Crippen LogP contribution in [0.1, 0.15) is 52.9 Å². The number of hydrogen-bond acceptors (Lipinski definition) is 5. The number of nitrogens with one attached hydrogen (secondary N) is 1. The first-order valence-corrected chi connectivity index (χ1v) is 11.9. The van der Waals surface area contributed by atoms with Crippen LogP contribution < -0.4 is 5.32 Å². The van der Waals surface area contributed by atoms with Gasteiger partial charge < -0.3 is 19.7 Å². The molecule has 4 saturated carbocycles. The Bertz CT molecular complexity index is 732. The highest BCUT2D eigenvalue weighted by Crippen LogP contribution is 2.62. The van der Waals surface area contributed by atoms with Crippen molar-refractivity contribution < 1.29 is 19.1 Å². The van der Waals surface area contributed by atoms with E-state index in [2.05, 4.69) is 34.0 Å². The summed E-state index contributed by atoms with van der Waals surface area (Å²) < 4.78 is 11.6. The van der Waals surface area contributed by atoms with Gasteiger partial charge in [0.2, 0.25) is 0 Å². The molecule has 8 heteroatoms. The highest BCUT2D eigenvalue weighted by atomic mass is 127. The number of alkyl halides is 1. The quantitative estimate of drug-likeness (QED) is 0.446. The Balaban J connectivity index is 1.33. The van der Waals surface area contributed by atoms with E-state index in [1.54, 1.807) is 4.90 Å². The Kier molecular flexibility index (Phi) is 5.41. The fourth-order valence-electron chi connectivity index (χ4n) is 5.93. The molecule has 1 aliphatic heterocycles. The van der Waals surface area contributed by atoms with Crippen LogP contribution in [-0.2, 0) is 9.47 Å². The van der Waals surface area contributed by atoms with Crippen molar-refractivity contribution in [2.24, 2.45) is 23.2 Å². The van der Waals surface area contributed by atoms with E-state index >= 15 is 0 Å². The lowest BCUT2D eigenvalue weighted by Gasteiger charge is -2.59. The van der Waals surface area contributed by atoms with Gasteiger partial charge in [-0.1, -0.05) is 22.6 Å². The van der Waals surface area contributed by atoms with Crippen molar-refractivity contribution in [2.45, 2.75) is 74.5 Å². The minimum Gasteiger partial charge on any atom is -0.445 e. The second-order valence-electron chi connectivity index (χ2n) is 10.3. The van der Waals surface area contributed by atoms with Gasteiger partial charge in [0.1, 0.15) is 11.7 Å². The minimum atomic E-state index is -0.544. The summed E-state index contributed by atoms with van der Waals surface area (Å²) in [6.07, 6.45) is 3.87. The zero-order valence-electron chi connectivity index (χ0n) is 17.3. The molecule has 0 aromatic heterocycles. The third kappa shape index (κ3) is 4.04. The van der Waals surface area contributed by atoms with Crippen LogP contribution in [0.25, 0.3) is 0 Å². The van der Waals surface area contributed by atoms with Crippen LogP contribution in [-0.4, -0.2) is 51.8 Å². The number of carbonyl (C=O) groups excluding carboxylic acids is 2. The Hall–Kier alpha value is -1.24. The predicted octanol–water partition coefficient (Wildman–Crippen LogP) is 3.85. The number of halogens is 1. The number of rotatable bonds is 2. The molecule has 0 radical (unpaired) electrons. The monoisotopic (exact) mass is 515 g/mol. The van der Waals surface area contributed by atoms with Crippen molar-refractivity contribution in [3.63, 3.8) is 0 Å². The number of nitrogens with zero attached hydrogens (tertiary/aromatic N) is 2. The lowest BCUT2D eigenvalue weighted by molar-refractivity contribution is -0.113. The maximum absolute atomic E-state index is 12.8. The molecule has 7 unspecified atom stereocenters. The molecule has 1 N–H and O–H groups in total. The molecule has 1 heterocycles. The third-order valence-electron chi connectivity index (χ3n) is 6.94. The second kappa shape index (κ2) is 7.47. The fraction of sp³-hybridized carbons (Fsp3) is 0.857. The predicted molar refractivity (Wildman–Crippen MR) is 114 cm³/mol. The van der Waals surface area contributed by atoms with Crippen LogP contribution in [0.4, 0.5) is 9.59 Å². The fourth-order valence-corrected chi connectivity index (χ4v) is 7.28. The number of likely N-dealkylation sites (tertiary alicyclic amines) is 1. The molecule has 5 aliphatic rings. The average Bonchev–Trinajstić information content (AvgIpc) is 3.08. The van der Waals surface area contributed by atoms with Gasteiger partial charge in [0.25, 0.3) is 0 Å². The molecule has 5 rings (SSSR count). The van der Waals surface area contributed by atoms with Gasteiger partial charge in [0.15, 0.2) is 0 Å². The Morgan fingerprint density at radius 2 is 2.03 bits per heavy atom. The lowest BCUT2D eigenvalue weighted by atomic mass is 9.49. The first-order valence-electron chi connectivity index (χ1n) is 10.6. The zero-order chi connectivity index (χ0) is 21.0. The summed E-state index contributed by atoms with van der Waals surface area (Å²) >= 11 is 2.43. The van der Waals surface area contributed by atoms with Gasteiger partial charge in [0.05, 0.1) is 17.5 Å². The van der Waals surface area contributed by atoms with E-state index in [1.165, 1.54) is 0 Å². The highest BCUT2D eigenvalue weighted by Gasteiger charge is 2.62. The first-order chi connectivity index (χ1) is 13.6. The standard InChI is InChI=1S/C21H30IN3O4/c1-20(2,3)29-18(26)24-14-4-5-25(10-14)19(27)28-16-13-6-12-7-15(16)17(22)21(8-12,9-13)11-23/h12-17H,4-10H2,1-3H3,(H,24,26).